The Labute approximate surface area is 172 Å². The summed E-state index contributed by atoms with van der Waals surface area (Å²) in [7, 11) is 0. The predicted octanol–water partition coefficient (Wildman–Crippen LogP) is 4.62. The number of hydrogen-bond acceptors (Lipinski definition) is 6. The van der Waals surface area contributed by atoms with Crippen LogP contribution in [0.3, 0.4) is 0 Å². The molecule has 0 bridgehead atoms. The number of nitrogens with zero attached hydrogens (tertiary/aromatic N) is 2. The Morgan fingerprint density at radius 1 is 1.10 bits per heavy atom. The highest BCUT2D eigenvalue weighted by molar-refractivity contribution is 7.09. The third-order valence-corrected chi connectivity index (χ3v) is 5.14. The van der Waals surface area contributed by atoms with Gasteiger partial charge in [-0.3, -0.25) is 4.79 Å². The first-order valence-corrected chi connectivity index (χ1v) is 9.99. The minimum atomic E-state index is -0.195. The third kappa shape index (κ3) is 4.70. The highest BCUT2D eigenvalue weighted by Crippen LogP contribution is 2.21. The fraction of sp³-hybridized carbons (Fsp3) is 0.136. The van der Waals surface area contributed by atoms with Crippen molar-refractivity contribution in [1.82, 2.24) is 15.5 Å². The lowest BCUT2D eigenvalue weighted by Crippen LogP contribution is -2.23. The standard InChI is InChI=1S/C22H19N3O3S/c1-15-8-10-16(11-9-15)21-24-20(28-25-21)14-27-19-7-3-2-6-18(19)22(26)23-13-17-5-4-12-29-17/h2-12H,13-14H2,1H3,(H,23,26). The molecule has 146 valence electrons. The Morgan fingerprint density at radius 2 is 1.93 bits per heavy atom. The summed E-state index contributed by atoms with van der Waals surface area (Å²) in [6.45, 7) is 2.58. The lowest BCUT2D eigenvalue weighted by atomic mass is 10.1. The number of nitrogens with one attached hydrogen (secondary N) is 1. The monoisotopic (exact) mass is 405 g/mol. The molecule has 2 heterocycles. The first kappa shape index (κ1) is 18.9. The second kappa shape index (κ2) is 8.70. The maximum absolute atomic E-state index is 12.6. The first-order valence-electron chi connectivity index (χ1n) is 9.11. The van der Waals surface area contributed by atoms with Crippen LogP contribution in [0, 0.1) is 6.92 Å². The molecule has 7 heteroatoms. The summed E-state index contributed by atoms with van der Waals surface area (Å²) in [6.07, 6.45) is 0. The Kier molecular flexibility index (Phi) is 5.67. The SMILES string of the molecule is Cc1ccc(-c2noc(COc3ccccc3C(=O)NCc3cccs3)n2)cc1. The number of thiophene rings is 1. The zero-order valence-corrected chi connectivity index (χ0v) is 16.6. The number of para-hydroxylation sites is 1. The fourth-order valence-electron chi connectivity index (χ4n) is 2.73. The van der Waals surface area contributed by atoms with Gasteiger partial charge in [0, 0.05) is 10.4 Å². The van der Waals surface area contributed by atoms with Crippen molar-refractivity contribution in [3.05, 3.63) is 87.9 Å². The van der Waals surface area contributed by atoms with E-state index in [1.54, 1.807) is 29.5 Å². The van der Waals surface area contributed by atoms with Gasteiger partial charge in [-0.1, -0.05) is 53.2 Å². The summed E-state index contributed by atoms with van der Waals surface area (Å²) in [5.74, 6) is 1.12. The van der Waals surface area contributed by atoms with E-state index in [9.17, 15) is 4.79 Å². The van der Waals surface area contributed by atoms with Crippen molar-refractivity contribution in [3.8, 4) is 17.1 Å². The predicted molar refractivity (Wildman–Crippen MR) is 111 cm³/mol. The van der Waals surface area contributed by atoms with Gasteiger partial charge in [0.15, 0.2) is 6.61 Å². The maximum atomic E-state index is 12.6. The van der Waals surface area contributed by atoms with Crippen molar-refractivity contribution in [3.63, 3.8) is 0 Å². The largest absolute Gasteiger partial charge is 0.483 e. The van der Waals surface area contributed by atoms with Gasteiger partial charge >= 0.3 is 0 Å². The summed E-state index contributed by atoms with van der Waals surface area (Å²) < 4.78 is 11.1. The smallest absolute Gasteiger partial charge is 0.264 e. The van der Waals surface area contributed by atoms with E-state index in [2.05, 4.69) is 15.5 Å². The molecular weight excluding hydrogens is 386 g/mol. The number of carbonyl (C=O) groups is 1. The number of rotatable bonds is 7. The molecule has 0 unspecified atom stereocenters. The molecular formula is C22H19N3O3S. The van der Waals surface area contributed by atoms with Gasteiger partial charge in [-0.25, -0.2) is 0 Å². The van der Waals surface area contributed by atoms with Crippen LogP contribution in [-0.4, -0.2) is 16.0 Å². The molecule has 6 nitrogen and oxygen atoms in total. The van der Waals surface area contributed by atoms with E-state index in [1.807, 2.05) is 54.8 Å². The van der Waals surface area contributed by atoms with Crippen LogP contribution in [0.15, 0.2) is 70.6 Å². The maximum Gasteiger partial charge on any atom is 0.264 e. The fourth-order valence-corrected chi connectivity index (χ4v) is 3.37. The van der Waals surface area contributed by atoms with Gasteiger partial charge in [-0.15, -0.1) is 11.3 Å². The molecule has 0 spiro atoms. The lowest BCUT2D eigenvalue weighted by molar-refractivity contribution is 0.0946. The van der Waals surface area contributed by atoms with Gasteiger partial charge in [0.1, 0.15) is 5.75 Å². The topological polar surface area (TPSA) is 77.2 Å². The molecule has 0 saturated carbocycles. The normalized spacial score (nSPS) is 10.7. The van der Waals surface area contributed by atoms with Gasteiger partial charge in [-0.2, -0.15) is 4.98 Å². The van der Waals surface area contributed by atoms with Gasteiger partial charge in [0.25, 0.3) is 11.8 Å². The highest BCUT2D eigenvalue weighted by atomic mass is 32.1. The molecule has 1 amide bonds. The van der Waals surface area contributed by atoms with Crippen LogP contribution in [0.2, 0.25) is 0 Å². The molecule has 2 aromatic carbocycles. The number of ether oxygens (including phenoxy) is 1. The number of amides is 1. The molecule has 0 aliphatic heterocycles. The van der Waals surface area contributed by atoms with Crippen molar-refractivity contribution in [2.75, 3.05) is 0 Å². The van der Waals surface area contributed by atoms with Gasteiger partial charge in [0.2, 0.25) is 5.82 Å². The zero-order valence-electron chi connectivity index (χ0n) is 15.8. The number of carbonyl (C=O) groups excluding carboxylic acids is 1. The average Bonchev–Trinajstić information content (AvgIpc) is 3.43. The van der Waals surface area contributed by atoms with Crippen LogP contribution in [0.4, 0.5) is 0 Å². The van der Waals surface area contributed by atoms with E-state index in [4.69, 9.17) is 9.26 Å². The summed E-state index contributed by atoms with van der Waals surface area (Å²) >= 11 is 1.60. The molecule has 2 aromatic heterocycles. The Morgan fingerprint density at radius 3 is 2.72 bits per heavy atom. The first-order chi connectivity index (χ1) is 14.2. The van der Waals surface area contributed by atoms with Crippen LogP contribution < -0.4 is 10.1 Å². The Balaban J connectivity index is 1.41. The van der Waals surface area contributed by atoms with Crippen LogP contribution in [-0.2, 0) is 13.2 Å². The highest BCUT2D eigenvalue weighted by Gasteiger charge is 2.14. The molecule has 4 aromatic rings. The van der Waals surface area contributed by atoms with E-state index in [0.717, 1.165) is 16.0 Å². The van der Waals surface area contributed by atoms with Gasteiger partial charge in [0.05, 0.1) is 12.1 Å². The van der Waals surface area contributed by atoms with E-state index in [-0.39, 0.29) is 12.5 Å². The second-order valence-corrected chi connectivity index (χ2v) is 7.46. The molecule has 4 rings (SSSR count). The molecule has 0 fully saturated rings. The van der Waals surface area contributed by atoms with Crippen molar-refractivity contribution >= 4 is 17.2 Å². The summed E-state index contributed by atoms with van der Waals surface area (Å²) in [4.78, 5) is 18.0. The van der Waals surface area contributed by atoms with E-state index < -0.39 is 0 Å². The molecule has 0 aliphatic carbocycles. The van der Waals surface area contributed by atoms with Crippen molar-refractivity contribution in [2.45, 2.75) is 20.1 Å². The summed E-state index contributed by atoms with van der Waals surface area (Å²) in [5, 5.41) is 8.89. The van der Waals surface area contributed by atoms with E-state index in [0.29, 0.717) is 29.6 Å². The third-order valence-electron chi connectivity index (χ3n) is 4.26. The van der Waals surface area contributed by atoms with Gasteiger partial charge in [-0.05, 0) is 30.5 Å². The average molecular weight is 405 g/mol. The lowest BCUT2D eigenvalue weighted by Gasteiger charge is -2.10. The zero-order chi connectivity index (χ0) is 20.1. The van der Waals surface area contributed by atoms with Crippen molar-refractivity contribution in [1.29, 1.82) is 0 Å². The van der Waals surface area contributed by atoms with Gasteiger partial charge < -0.3 is 14.6 Å². The van der Waals surface area contributed by atoms with Crippen LogP contribution >= 0.6 is 11.3 Å². The van der Waals surface area contributed by atoms with E-state index in [1.165, 1.54) is 0 Å². The molecule has 0 atom stereocenters. The Bertz CT molecular complexity index is 1090. The van der Waals surface area contributed by atoms with Crippen LogP contribution in [0.5, 0.6) is 5.75 Å². The number of hydrogen-bond donors (Lipinski definition) is 1. The minimum Gasteiger partial charge on any atom is -0.483 e. The second-order valence-electron chi connectivity index (χ2n) is 6.42. The summed E-state index contributed by atoms with van der Waals surface area (Å²) in [6, 6.07) is 18.9. The van der Waals surface area contributed by atoms with E-state index >= 15 is 0 Å². The molecule has 29 heavy (non-hydrogen) atoms. The van der Waals surface area contributed by atoms with Crippen LogP contribution in [0.25, 0.3) is 11.4 Å². The quantitative estimate of drug-likeness (QED) is 0.486. The number of benzene rings is 2. The Hall–Kier alpha value is -3.45. The molecule has 1 N–H and O–H groups in total. The number of aryl methyl sites for hydroxylation is 1. The van der Waals surface area contributed by atoms with Crippen molar-refractivity contribution in [2.24, 2.45) is 0 Å². The molecule has 0 radical (unpaired) electrons. The number of aromatic nitrogens is 2. The summed E-state index contributed by atoms with van der Waals surface area (Å²) in [5.41, 5.74) is 2.50. The molecule has 0 saturated heterocycles. The molecule has 0 aliphatic rings. The van der Waals surface area contributed by atoms with Crippen molar-refractivity contribution < 1.29 is 14.1 Å². The minimum absolute atomic E-state index is 0.0775. The van der Waals surface area contributed by atoms with Crippen LogP contribution in [0.1, 0.15) is 26.7 Å².